The van der Waals surface area contributed by atoms with Crippen LogP contribution in [0.1, 0.15) is 70.2 Å². The van der Waals surface area contributed by atoms with E-state index in [1.165, 1.54) is 6.33 Å². The molecule has 0 aliphatic carbocycles. The summed E-state index contributed by atoms with van der Waals surface area (Å²) in [6.45, 7) is -2.17. The van der Waals surface area contributed by atoms with Gasteiger partial charge in [-0.15, -0.1) is 0 Å². The number of ether oxygens (including phenoxy) is 2. The van der Waals surface area contributed by atoms with Gasteiger partial charge in [-0.1, -0.05) is 38.5 Å². The Morgan fingerprint density at radius 1 is 0.947 bits per heavy atom. The van der Waals surface area contributed by atoms with Crippen LogP contribution in [0.25, 0.3) is 11.2 Å². The molecular formula is C32H44F2N8O12P2S. The molecule has 3 fully saturated rings. The molecule has 57 heavy (non-hydrogen) atoms. The summed E-state index contributed by atoms with van der Waals surface area (Å²) in [5.41, 5.74) is 4.22. The van der Waals surface area contributed by atoms with Crippen LogP contribution in [0.15, 0.2) is 39.5 Å². The van der Waals surface area contributed by atoms with Gasteiger partial charge < -0.3 is 25.1 Å². The van der Waals surface area contributed by atoms with Gasteiger partial charge in [-0.25, -0.2) is 37.7 Å². The predicted molar refractivity (Wildman–Crippen MR) is 201 cm³/mol. The number of nitrogens with two attached hydrogens (primary N) is 1. The number of carbonyl (C=O) groups is 1. The second-order valence-corrected chi connectivity index (χ2v) is 19.0. The Hall–Kier alpha value is -3.24. The molecule has 10 atom stereocenters. The summed E-state index contributed by atoms with van der Waals surface area (Å²) in [6, 6.07) is 0.933. The van der Waals surface area contributed by atoms with Crippen molar-refractivity contribution in [2.45, 2.75) is 107 Å². The van der Waals surface area contributed by atoms with E-state index in [1.807, 2.05) is 4.98 Å². The van der Waals surface area contributed by atoms with Crippen molar-refractivity contribution in [1.82, 2.24) is 29.1 Å². The van der Waals surface area contributed by atoms with Gasteiger partial charge in [-0.05, 0) is 30.9 Å². The maximum atomic E-state index is 16.3. The molecule has 3 aliphatic rings. The second-order valence-electron chi connectivity index (χ2n) is 13.6. The highest BCUT2D eigenvalue weighted by molar-refractivity contribution is 8.55. The van der Waals surface area contributed by atoms with E-state index in [0.29, 0.717) is 22.4 Å². The van der Waals surface area contributed by atoms with Crippen molar-refractivity contribution in [3.63, 3.8) is 0 Å². The van der Waals surface area contributed by atoms with Crippen LogP contribution in [0.4, 0.5) is 14.6 Å². The molecule has 0 aromatic carbocycles. The summed E-state index contributed by atoms with van der Waals surface area (Å²) in [5, 5.41) is 0. The number of hydrogen-bond acceptors (Lipinski definition) is 17. The van der Waals surface area contributed by atoms with E-state index in [2.05, 4.69) is 26.7 Å². The van der Waals surface area contributed by atoms with Gasteiger partial charge in [0, 0.05) is 25.2 Å². The fourth-order valence-electron chi connectivity index (χ4n) is 6.63. The molecule has 3 aliphatic heterocycles. The van der Waals surface area contributed by atoms with Gasteiger partial charge in [0.1, 0.15) is 42.0 Å². The van der Waals surface area contributed by atoms with Crippen molar-refractivity contribution < 1.29 is 55.2 Å². The first-order valence-corrected chi connectivity index (χ1v) is 22.9. The van der Waals surface area contributed by atoms with Gasteiger partial charge in [0.25, 0.3) is 5.56 Å². The summed E-state index contributed by atoms with van der Waals surface area (Å²) in [7, 11) is -5.21. The maximum absolute atomic E-state index is 16.3. The van der Waals surface area contributed by atoms with E-state index in [0.717, 1.165) is 74.6 Å². The zero-order chi connectivity index (χ0) is 40.7. The summed E-state index contributed by atoms with van der Waals surface area (Å²) in [6.07, 6.45) is -3.92. The minimum atomic E-state index is -5.21. The van der Waals surface area contributed by atoms with Crippen LogP contribution >= 0.6 is 26.0 Å². The number of carbonyl (C=O) groups excluding carboxylic acids is 1. The Labute approximate surface area is 328 Å². The van der Waals surface area contributed by atoms with Crippen LogP contribution in [0.3, 0.4) is 0 Å². The molecule has 314 valence electrons. The number of phosphoric acid groups is 1. The van der Waals surface area contributed by atoms with Crippen LogP contribution in [-0.4, -0.2) is 109 Å². The van der Waals surface area contributed by atoms with Crippen LogP contribution in [-0.2, 0) is 41.5 Å². The first kappa shape index (κ1) is 43.3. The third-order valence-electron chi connectivity index (χ3n) is 9.53. The Bertz CT molecular complexity index is 2100. The van der Waals surface area contributed by atoms with Crippen LogP contribution < -0.4 is 17.0 Å². The SMILES string of the molecule is C=NCCCCCCCCCCC(=O)CSP1(=O)OCC2O[C@@H](n3cnc4c(N)ncnc43)[C@H](F)[C@@H]2OP(=O)(O)OC[C@H]2O[C@@H](n3ccc(=O)[nH]c3=O)[C@H](F)[C@@H]2O1. The number of aromatic nitrogens is 6. The number of unbranched alkanes of at least 4 members (excludes halogenated alkanes) is 7. The number of phosphoric ester groups is 1. The molecule has 6 heterocycles. The lowest BCUT2D eigenvalue weighted by Crippen LogP contribution is -2.38. The summed E-state index contributed by atoms with van der Waals surface area (Å²) in [5.74, 6) is -0.678. The van der Waals surface area contributed by atoms with E-state index in [1.54, 1.807) is 0 Å². The number of aromatic amines is 1. The molecule has 20 nitrogen and oxygen atoms in total. The van der Waals surface area contributed by atoms with Crippen molar-refractivity contribution in [2.24, 2.45) is 4.99 Å². The number of nitrogen functional groups attached to an aromatic ring is 1. The highest BCUT2D eigenvalue weighted by Crippen LogP contribution is 2.64. The van der Waals surface area contributed by atoms with Crippen LogP contribution in [0.2, 0.25) is 0 Å². The number of ketones is 1. The van der Waals surface area contributed by atoms with Crippen molar-refractivity contribution in [3.8, 4) is 0 Å². The van der Waals surface area contributed by atoms with Crippen LogP contribution in [0, 0.1) is 0 Å². The number of Topliss-reactive ketones (excluding diaryl/α,β-unsaturated/α-hetero) is 1. The molecule has 3 saturated heterocycles. The van der Waals surface area contributed by atoms with Gasteiger partial charge in [-0.3, -0.25) is 41.8 Å². The average molecular weight is 865 g/mol. The largest absolute Gasteiger partial charge is 0.472 e. The van der Waals surface area contributed by atoms with E-state index in [9.17, 15) is 28.4 Å². The van der Waals surface area contributed by atoms with Gasteiger partial charge in [-0.2, -0.15) is 0 Å². The monoisotopic (exact) mass is 864 g/mol. The molecule has 0 radical (unpaired) electrons. The van der Waals surface area contributed by atoms with Gasteiger partial charge >= 0.3 is 20.3 Å². The smallest absolute Gasteiger partial charge is 0.382 e. The number of hydrogen-bond donors (Lipinski definition) is 3. The molecule has 25 heteroatoms. The number of imidazole rings is 1. The lowest BCUT2D eigenvalue weighted by atomic mass is 10.1. The van der Waals surface area contributed by atoms with Crippen LogP contribution in [0.5, 0.6) is 0 Å². The zero-order valence-electron chi connectivity index (χ0n) is 30.6. The molecule has 0 saturated carbocycles. The zero-order valence-corrected chi connectivity index (χ0v) is 33.2. The highest BCUT2D eigenvalue weighted by Gasteiger charge is 2.55. The predicted octanol–water partition coefficient (Wildman–Crippen LogP) is 3.97. The van der Waals surface area contributed by atoms with Crippen molar-refractivity contribution >= 4 is 55.5 Å². The fourth-order valence-corrected chi connectivity index (χ4v) is 10.9. The number of alkyl halides is 2. The number of nitrogens with zero attached hydrogens (tertiary/aromatic N) is 6. The number of nitrogens with one attached hydrogen (secondary N) is 1. The van der Waals surface area contributed by atoms with Crippen molar-refractivity contribution in [3.05, 3.63) is 45.8 Å². The van der Waals surface area contributed by atoms with Crippen molar-refractivity contribution in [1.29, 1.82) is 0 Å². The highest BCUT2D eigenvalue weighted by atomic mass is 32.7. The number of rotatable bonds is 16. The number of halogens is 2. The lowest BCUT2D eigenvalue weighted by molar-refractivity contribution is -0.116. The number of H-pyrrole nitrogens is 1. The third-order valence-corrected chi connectivity index (χ3v) is 14.2. The third kappa shape index (κ3) is 10.7. The molecule has 3 unspecified atom stereocenters. The standard InChI is InChI=1S/C32H44F2N8O12P2S/c1-36-12-9-7-5-3-2-4-6-8-10-19(43)16-57-56(48)50-15-21-26(23(33)31(52-21)42-18-39-25-28(35)37-17-38-29(25)42)53-55(46,47)49-14-20-27(54-56)24(34)30(51-20)41-13-11-22(44)40-32(41)45/h11,13,17-18,20-21,23-24,26-27,30-31H,1-10,12,14-16H2,(H,46,47)(H2,35,37,38)(H,40,44,45)/t20-,21?,23-,24-,26-,27-,30-,31-,56?/m1/s1. The summed E-state index contributed by atoms with van der Waals surface area (Å²) >= 11 is 0.460. The first-order chi connectivity index (χ1) is 27.3. The second kappa shape index (κ2) is 19.2. The summed E-state index contributed by atoms with van der Waals surface area (Å²) in [4.78, 5) is 65.8. The maximum Gasteiger partial charge on any atom is 0.472 e. The van der Waals surface area contributed by atoms with E-state index in [-0.39, 0.29) is 34.9 Å². The number of aliphatic imine (C=N–C) groups is 1. The van der Waals surface area contributed by atoms with Gasteiger partial charge in [0.15, 0.2) is 36.3 Å². The normalized spacial score (nSPS) is 32.0. The first-order valence-electron chi connectivity index (χ1n) is 18.3. The minimum absolute atomic E-state index is 0.00799. The Balaban J connectivity index is 1.19. The molecular weight excluding hydrogens is 820 g/mol. The van der Waals surface area contributed by atoms with Crippen molar-refractivity contribution in [2.75, 3.05) is 31.2 Å². The van der Waals surface area contributed by atoms with E-state index < -0.39 is 88.3 Å². The minimum Gasteiger partial charge on any atom is -0.382 e. The topological polar surface area (TPSA) is 264 Å². The summed E-state index contributed by atoms with van der Waals surface area (Å²) < 4.78 is 95.7. The molecule has 0 amide bonds. The number of fused-ring (bicyclic) bond motifs is 3. The molecule has 3 aromatic rings. The Morgan fingerprint density at radius 2 is 1.58 bits per heavy atom. The Kier molecular flexibility index (Phi) is 14.6. The van der Waals surface area contributed by atoms with Gasteiger partial charge in [0.2, 0.25) is 0 Å². The molecule has 3 aromatic heterocycles. The Morgan fingerprint density at radius 3 is 2.26 bits per heavy atom. The molecule has 4 N–H and O–H groups in total. The van der Waals surface area contributed by atoms with Gasteiger partial charge in [0.05, 0.1) is 25.3 Å². The number of anilines is 1. The molecule has 0 spiro atoms. The quantitative estimate of drug-likeness (QED) is 0.104. The molecule has 0 bridgehead atoms. The lowest BCUT2D eigenvalue weighted by Gasteiger charge is -2.29. The van der Waals surface area contributed by atoms with E-state index >= 15 is 8.78 Å². The fraction of sp³-hybridized carbons (Fsp3) is 0.656. The average Bonchev–Trinajstić information content (AvgIpc) is 3.83. The van der Waals surface area contributed by atoms with E-state index in [4.69, 9.17) is 33.3 Å². The molecule has 6 rings (SSSR count).